The van der Waals surface area contributed by atoms with Crippen molar-refractivity contribution >= 4 is 5.69 Å². The molecule has 1 fully saturated rings. The molecule has 2 heterocycles. The summed E-state index contributed by atoms with van der Waals surface area (Å²) in [6.07, 6.45) is 9.36. The standard InChI is InChI=1S/C13H15FN4/c14-10-5-9(6-16-7-10)13-12(15)8-18(17-13)11-3-1-2-4-11/h5-8,11H,1-4,15H2. The average molecular weight is 246 g/mol. The Morgan fingerprint density at radius 2 is 2.06 bits per heavy atom. The van der Waals surface area contributed by atoms with E-state index in [1.54, 1.807) is 6.20 Å². The molecule has 4 nitrogen and oxygen atoms in total. The molecule has 0 bridgehead atoms. The third-order valence-electron chi connectivity index (χ3n) is 3.44. The van der Waals surface area contributed by atoms with E-state index in [2.05, 4.69) is 10.1 Å². The van der Waals surface area contributed by atoms with Crippen LogP contribution in [0.3, 0.4) is 0 Å². The summed E-state index contributed by atoms with van der Waals surface area (Å²) < 4.78 is 15.1. The fourth-order valence-electron chi connectivity index (χ4n) is 2.53. The molecule has 3 rings (SSSR count). The first kappa shape index (κ1) is 11.2. The molecular formula is C13H15FN4. The highest BCUT2D eigenvalue weighted by Gasteiger charge is 2.19. The summed E-state index contributed by atoms with van der Waals surface area (Å²) in [5.41, 5.74) is 7.78. The highest BCUT2D eigenvalue weighted by molar-refractivity contribution is 5.71. The molecular weight excluding hydrogens is 231 g/mol. The van der Waals surface area contributed by atoms with Gasteiger partial charge in [-0.15, -0.1) is 0 Å². The number of halogens is 1. The van der Waals surface area contributed by atoms with Gasteiger partial charge < -0.3 is 5.73 Å². The van der Waals surface area contributed by atoms with Crippen molar-refractivity contribution < 1.29 is 4.39 Å². The van der Waals surface area contributed by atoms with Crippen LogP contribution in [0, 0.1) is 5.82 Å². The van der Waals surface area contributed by atoms with E-state index in [9.17, 15) is 4.39 Å². The van der Waals surface area contributed by atoms with Crippen LogP contribution in [0.15, 0.2) is 24.7 Å². The minimum absolute atomic E-state index is 0.373. The summed E-state index contributed by atoms with van der Waals surface area (Å²) in [5.74, 6) is -0.373. The molecule has 18 heavy (non-hydrogen) atoms. The van der Waals surface area contributed by atoms with E-state index in [0.29, 0.717) is 23.0 Å². The molecule has 0 aromatic carbocycles. The summed E-state index contributed by atoms with van der Waals surface area (Å²) in [4.78, 5) is 3.83. The summed E-state index contributed by atoms with van der Waals surface area (Å²) in [6.45, 7) is 0. The zero-order valence-corrected chi connectivity index (χ0v) is 10.0. The van der Waals surface area contributed by atoms with E-state index < -0.39 is 0 Å². The molecule has 0 atom stereocenters. The zero-order chi connectivity index (χ0) is 12.5. The van der Waals surface area contributed by atoms with Crippen LogP contribution in [0.4, 0.5) is 10.1 Å². The van der Waals surface area contributed by atoms with E-state index in [0.717, 1.165) is 12.8 Å². The molecule has 5 heteroatoms. The van der Waals surface area contributed by atoms with Gasteiger partial charge >= 0.3 is 0 Å². The molecule has 0 saturated heterocycles. The molecule has 2 N–H and O–H groups in total. The first-order valence-electron chi connectivity index (χ1n) is 6.19. The molecule has 1 aliphatic carbocycles. The lowest BCUT2D eigenvalue weighted by Gasteiger charge is -2.08. The predicted octanol–water partition coefficient (Wildman–Crippen LogP) is 2.78. The molecule has 0 amide bonds. The van der Waals surface area contributed by atoms with Crippen LogP contribution in [0.5, 0.6) is 0 Å². The van der Waals surface area contributed by atoms with Gasteiger partial charge in [0.1, 0.15) is 11.5 Å². The number of nitrogens with two attached hydrogens (primary N) is 1. The van der Waals surface area contributed by atoms with E-state index in [4.69, 9.17) is 5.73 Å². The number of hydrogen-bond donors (Lipinski definition) is 1. The van der Waals surface area contributed by atoms with Crippen molar-refractivity contribution in [1.82, 2.24) is 14.8 Å². The van der Waals surface area contributed by atoms with Gasteiger partial charge in [-0.25, -0.2) is 4.39 Å². The molecule has 2 aromatic rings. The van der Waals surface area contributed by atoms with Crippen LogP contribution in [-0.4, -0.2) is 14.8 Å². The first-order chi connectivity index (χ1) is 8.74. The number of nitrogen functional groups attached to an aromatic ring is 1. The molecule has 2 aromatic heterocycles. The maximum atomic E-state index is 13.2. The largest absolute Gasteiger partial charge is 0.396 e. The molecule has 0 unspecified atom stereocenters. The second-order valence-corrected chi connectivity index (χ2v) is 4.74. The molecule has 1 aliphatic rings. The molecule has 0 aliphatic heterocycles. The van der Waals surface area contributed by atoms with Crippen molar-refractivity contribution in [1.29, 1.82) is 0 Å². The fraction of sp³-hybridized carbons (Fsp3) is 0.385. The molecule has 1 saturated carbocycles. The van der Waals surface area contributed by atoms with Crippen molar-refractivity contribution in [3.63, 3.8) is 0 Å². The van der Waals surface area contributed by atoms with Crippen LogP contribution >= 0.6 is 0 Å². The lowest BCUT2D eigenvalue weighted by Crippen LogP contribution is -2.04. The minimum atomic E-state index is -0.373. The number of rotatable bonds is 2. The van der Waals surface area contributed by atoms with Gasteiger partial charge in [0, 0.05) is 18.0 Å². The maximum absolute atomic E-state index is 13.2. The molecule has 0 spiro atoms. The van der Waals surface area contributed by atoms with Crippen LogP contribution in [0.25, 0.3) is 11.3 Å². The van der Waals surface area contributed by atoms with Gasteiger partial charge in [0.15, 0.2) is 0 Å². The monoisotopic (exact) mass is 246 g/mol. The highest BCUT2D eigenvalue weighted by Crippen LogP contribution is 2.32. The third kappa shape index (κ3) is 1.96. The number of hydrogen-bond acceptors (Lipinski definition) is 3. The lowest BCUT2D eigenvalue weighted by molar-refractivity contribution is 0.468. The van der Waals surface area contributed by atoms with E-state index >= 15 is 0 Å². The van der Waals surface area contributed by atoms with Gasteiger partial charge in [-0.2, -0.15) is 5.10 Å². The highest BCUT2D eigenvalue weighted by atomic mass is 19.1. The molecule has 94 valence electrons. The van der Waals surface area contributed by atoms with Crippen molar-refractivity contribution in [2.75, 3.05) is 5.73 Å². The topological polar surface area (TPSA) is 56.7 Å². The van der Waals surface area contributed by atoms with Crippen molar-refractivity contribution in [3.8, 4) is 11.3 Å². The van der Waals surface area contributed by atoms with Gasteiger partial charge in [0.25, 0.3) is 0 Å². The van der Waals surface area contributed by atoms with Crippen LogP contribution < -0.4 is 5.73 Å². The van der Waals surface area contributed by atoms with Crippen molar-refractivity contribution in [3.05, 3.63) is 30.5 Å². The lowest BCUT2D eigenvalue weighted by atomic mass is 10.2. The van der Waals surface area contributed by atoms with Gasteiger partial charge in [0.05, 0.1) is 17.9 Å². The Morgan fingerprint density at radius 1 is 1.28 bits per heavy atom. The van der Waals surface area contributed by atoms with E-state index in [1.165, 1.54) is 25.1 Å². The van der Waals surface area contributed by atoms with Crippen molar-refractivity contribution in [2.45, 2.75) is 31.7 Å². The number of aromatic nitrogens is 3. The Kier molecular flexibility index (Phi) is 2.74. The van der Waals surface area contributed by atoms with Gasteiger partial charge in [0.2, 0.25) is 0 Å². The average Bonchev–Trinajstić information content (AvgIpc) is 2.97. The van der Waals surface area contributed by atoms with Crippen LogP contribution in [0.2, 0.25) is 0 Å². The van der Waals surface area contributed by atoms with Gasteiger partial charge in [-0.3, -0.25) is 9.67 Å². The molecule has 0 radical (unpaired) electrons. The number of nitrogens with zero attached hydrogens (tertiary/aromatic N) is 3. The van der Waals surface area contributed by atoms with Crippen molar-refractivity contribution in [2.24, 2.45) is 0 Å². The summed E-state index contributed by atoms with van der Waals surface area (Å²) in [5, 5.41) is 4.49. The van der Waals surface area contributed by atoms with E-state index in [-0.39, 0.29) is 5.82 Å². The summed E-state index contributed by atoms with van der Waals surface area (Å²) in [7, 11) is 0. The second kappa shape index (κ2) is 4.40. The normalized spacial score (nSPS) is 16.3. The fourth-order valence-corrected chi connectivity index (χ4v) is 2.53. The second-order valence-electron chi connectivity index (χ2n) is 4.74. The maximum Gasteiger partial charge on any atom is 0.142 e. The Bertz CT molecular complexity index is 558. The van der Waals surface area contributed by atoms with Gasteiger partial charge in [-0.1, -0.05) is 12.8 Å². The van der Waals surface area contributed by atoms with Crippen LogP contribution in [0.1, 0.15) is 31.7 Å². The number of pyridine rings is 1. The Hall–Kier alpha value is -1.91. The summed E-state index contributed by atoms with van der Waals surface area (Å²) >= 11 is 0. The summed E-state index contributed by atoms with van der Waals surface area (Å²) in [6, 6.07) is 1.84. The Balaban J connectivity index is 1.97. The smallest absolute Gasteiger partial charge is 0.142 e. The quantitative estimate of drug-likeness (QED) is 0.886. The Morgan fingerprint density at radius 3 is 2.78 bits per heavy atom. The van der Waals surface area contributed by atoms with Gasteiger partial charge in [-0.05, 0) is 18.9 Å². The minimum Gasteiger partial charge on any atom is -0.396 e. The number of anilines is 1. The Labute approximate surface area is 105 Å². The van der Waals surface area contributed by atoms with Crippen LogP contribution in [-0.2, 0) is 0 Å². The predicted molar refractivity (Wildman–Crippen MR) is 67.3 cm³/mol. The third-order valence-corrected chi connectivity index (χ3v) is 3.44. The van der Waals surface area contributed by atoms with E-state index in [1.807, 2.05) is 10.9 Å². The first-order valence-corrected chi connectivity index (χ1v) is 6.19. The zero-order valence-electron chi connectivity index (χ0n) is 10.0. The SMILES string of the molecule is Nc1cn(C2CCCC2)nc1-c1cncc(F)c1.